The number of Topliss-reactive ketones (excluding diaryl/α,β-unsaturated/α-hetero) is 1. The molecule has 0 aliphatic heterocycles. The standard InChI is InChI=1S/C13H14N2O/c1-9(8-14)13(16)11-5-4-10-3-2-6-15-12(10)7-11/h2-7,9H,8,14H2,1H3. The average molecular weight is 214 g/mol. The first-order valence-electron chi connectivity index (χ1n) is 5.31. The third-order valence-corrected chi connectivity index (χ3v) is 2.69. The molecule has 0 spiro atoms. The van der Waals surface area contributed by atoms with Crippen molar-refractivity contribution in [2.45, 2.75) is 6.92 Å². The summed E-state index contributed by atoms with van der Waals surface area (Å²) < 4.78 is 0. The Hall–Kier alpha value is -1.74. The van der Waals surface area contributed by atoms with E-state index in [2.05, 4.69) is 4.98 Å². The van der Waals surface area contributed by atoms with Gasteiger partial charge in [0.2, 0.25) is 0 Å². The minimum Gasteiger partial charge on any atom is -0.330 e. The van der Waals surface area contributed by atoms with Gasteiger partial charge in [0, 0.05) is 29.6 Å². The number of rotatable bonds is 3. The fraction of sp³-hybridized carbons (Fsp3) is 0.231. The second-order valence-corrected chi connectivity index (χ2v) is 3.91. The Morgan fingerprint density at radius 3 is 3.00 bits per heavy atom. The van der Waals surface area contributed by atoms with Gasteiger partial charge in [-0.25, -0.2) is 0 Å². The molecule has 82 valence electrons. The Kier molecular flexibility index (Phi) is 2.97. The van der Waals surface area contributed by atoms with Crippen molar-refractivity contribution < 1.29 is 4.79 Å². The van der Waals surface area contributed by atoms with Crippen molar-refractivity contribution in [3.8, 4) is 0 Å². The van der Waals surface area contributed by atoms with Gasteiger partial charge in [-0.2, -0.15) is 0 Å². The highest BCUT2D eigenvalue weighted by atomic mass is 16.1. The molecule has 0 radical (unpaired) electrons. The Bertz CT molecular complexity index is 522. The van der Waals surface area contributed by atoms with Gasteiger partial charge < -0.3 is 5.73 Å². The van der Waals surface area contributed by atoms with E-state index in [4.69, 9.17) is 5.73 Å². The third-order valence-electron chi connectivity index (χ3n) is 2.69. The van der Waals surface area contributed by atoms with Gasteiger partial charge in [0.1, 0.15) is 0 Å². The molecule has 1 aromatic carbocycles. The maximum absolute atomic E-state index is 11.9. The normalized spacial score (nSPS) is 12.6. The smallest absolute Gasteiger partial charge is 0.167 e. The van der Waals surface area contributed by atoms with Crippen molar-refractivity contribution in [1.29, 1.82) is 0 Å². The quantitative estimate of drug-likeness (QED) is 0.795. The van der Waals surface area contributed by atoms with Crippen molar-refractivity contribution in [3.05, 3.63) is 42.1 Å². The summed E-state index contributed by atoms with van der Waals surface area (Å²) in [6.07, 6.45) is 1.73. The second-order valence-electron chi connectivity index (χ2n) is 3.91. The van der Waals surface area contributed by atoms with Crippen LogP contribution in [-0.2, 0) is 0 Å². The lowest BCUT2D eigenvalue weighted by Gasteiger charge is -2.07. The summed E-state index contributed by atoms with van der Waals surface area (Å²) in [6, 6.07) is 9.43. The van der Waals surface area contributed by atoms with E-state index in [0.717, 1.165) is 10.9 Å². The van der Waals surface area contributed by atoms with E-state index in [1.807, 2.05) is 37.3 Å². The number of nitrogens with two attached hydrogens (primary N) is 1. The summed E-state index contributed by atoms with van der Waals surface area (Å²) in [4.78, 5) is 16.1. The number of hydrogen-bond donors (Lipinski definition) is 1. The summed E-state index contributed by atoms with van der Waals surface area (Å²) in [5.41, 5.74) is 7.02. The zero-order valence-corrected chi connectivity index (χ0v) is 9.18. The number of benzene rings is 1. The molecule has 1 aromatic heterocycles. The lowest BCUT2D eigenvalue weighted by molar-refractivity contribution is 0.0934. The Morgan fingerprint density at radius 1 is 1.44 bits per heavy atom. The lowest BCUT2D eigenvalue weighted by atomic mass is 9.98. The highest BCUT2D eigenvalue weighted by Gasteiger charge is 2.13. The van der Waals surface area contributed by atoms with Gasteiger partial charge in [0.25, 0.3) is 0 Å². The van der Waals surface area contributed by atoms with Crippen LogP contribution in [0, 0.1) is 5.92 Å². The molecule has 2 rings (SSSR count). The van der Waals surface area contributed by atoms with E-state index < -0.39 is 0 Å². The van der Waals surface area contributed by atoms with Gasteiger partial charge in [-0.3, -0.25) is 9.78 Å². The zero-order chi connectivity index (χ0) is 11.5. The van der Waals surface area contributed by atoms with E-state index in [-0.39, 0.29) is 11.7 Å². The molecule has 1 atom stereocenters. The van der Waals surface area contributed by atoms with Crippen LogP contribution in [0.2, 0.25) is 0 Å². The molecule has 0 aliphatic rings. The Labute approximate surface area is 94.3 Å². The average Bonchev–Trinajstić information content (AvgIpc) is 2.36. The molecule has 1 heterocycles. The molecule has 0 saturated carbocycles. The molecule has 16 heavy (non-hydrogen) atoms. The molecule has 0 bridgehead atoms. The first kappa shape index (κ1) is 10.8. The first-order valence-corrected chi connectivity index (χ1v) is 5.31. The number of aromatic nitrogens is 1. The van der Waals surface area contributed by atoms with Gasteiger partial charge in [-0.1, -0.05) is 25.1 Å². The van der Waals surface area contributed by atoms with Gasteiger partial charge >= 0.3 is 0 Å². The lowest BCUT2D eigenvalue weighted by Crippen LogP contribution is -2.20. The summed E-state index contributed by atoms with van der Waals surface area (Å²) in [6.45, 7) is 2.21. The Morgan fingerprint density at radius 2 is 2.25 bits per heavy atom. The number of nitrogens with zero attached hydrogens (tertiary/aromatic N) is 1. The maximum atomic E-state index is 11.9. The third kappa shape index (κ3) is 1.95. The van der Waals surface area contributed by atoms with Gasteiger partial charge in [0.15, 0.2) is 5.78 Å². The van der Waals surface area contributed by atoms with Crippen LogP contribution in [0.3, 0.4) is 0 Å². The number of pyridine rings is 1. The maximum Gasteiger partial charge on any atom is 0.167 e. The molecule has 3 heteroatoms. The van der Waals surface area contributed by atoms with Crippen molar-refractivity contribution in [2.75, 3.05) is 6.54 Å². The van der Waals surface area contributed by atoms with E-state index in [1.165, 1.54) is 0 Å². The molecule has 0 saturated heterocycles. The van der Waals surface area contributed by atoms with Crippen LogP contribution in [0.5, 0.6) is 0 Å². The van der Waals surface area contributed by atoms with Crippen LogP contribution in [0.25, 0.3) is 10.9 Å². The number of carbonyl (C=O) groups is 1. The summed E-state index contributed by atoms with van der Waals surface area (Å²) in [5.74, 6) is -0.0591. The fourth-order valence-corrected chi connectivity index (χ4v) is 1.61. The molecular formula is C13H14N2O. The van der Waals surface area contributed by atoms with E-state index >= 15 is 0 Å². The SMILES string of the molecule is CC(CN)C(=O)c1ccc2cccnc2c1. The number of fused-ring (bicyclic) bond motifs is 1. The van der Waals surface area contributed by atoms with Gasteiger partial charge in [-0.15, -0.1) is 0 Å². The van der Waals surface area contributed by atoms with Crippen molar-refractivity contribution >= 4 is 16.7 Å². The highest BCUT2D eigenvalue weighted by molar-refractivity contribution is 6.00. The zero-order valence-electron chi connectivity index (χ0n) is 9.18. The number of ketones is 1. The minimum atomic E-state index is -0.138. The summed E-state index contributed by atoms with van der Waals surface area (Å²) >= 11 is 0. The molecule has 2 aromatic rings. The second kappa shape index (κ2) is 4.41. The van der Waals surface area contributed by atoms with Crippen LogP contribution >= 0.6 is 0 Å². The largest absolute Gasteiger partial charge is 0.330 e. The molecule has 0 fully saturated rings. The monoisotopic (exact) mass is 214 g/mol. The molecular weight excluding hydrogens is 200 g/mol. The summed E-state index contributed by atoms with van der Waals surface area (Å²) in [5, 5.41) is 1.04. The topological polar surface area (TPSA) is 56.0 Å². The van der Waals surface area contributed by atoms with Crippen LogP contribution < -0.4 is 5.73 Å². The molecule has 2 N–H and O–H groups in total. The first-order chi connectivity index (χ1) is 7.72. The molecule has 1 unspecified atom stereocenters. The van der Waals surface area contributed by atoms with Crippen LogP contribution in [0.15, 0.2) is 36.5 Å². The van der Waals surface area contributed by atoms with Crippen molar-refractivity contribution in [1.82, 2.24) is 4.98 Å². The van der Waals surface area contributed by atoms with Crippen LogP contribution in [0.1, 0.15) is 17.3 Å². The fourth-order valence-electron chi connectivity index (χ4n) is 1.61. The predicted octanol–water partition coefficient (Wildman–Crippen LogP) is 2.01. The van der Waals surface area contributed by atoms with E-state index in [0.29, 0.717) is 12.1 Å². The van der Waals surface area contributed by atoms with Crippen LogP contribution in [-0.4, -0.2) is 17.3 Å². The van der Waals surface area contributed by atoms with E-state index in [9.17, 15) is 4.79 Å². The number of hydrogen-bond acceptors (Lipinski definition) is 3. The molecule has 0 amide bonds. The Balaban J connectivity index is 2.43. The van der Waals surface area contributed by atoms with Gasteiger partial charge in [0.05, 0.1) is 5.52 Å². The van der Waals surface area contributed by atoms with Crippen molar-refractivity contribution in [3.63, 3.8) is 0 Å². The summed E-state index contributed by atoms with van der Waals surface area (Å²) in [7, 11) is 0. The predicted molar refractivity (Wildman–Crippen MR) is 64.3 cm³/mol. The molecule has 3 nitrogen and oxygen atoms in total. The highest BCUT2D eigenvalue weighted by Crippen LogP contribution is 2.15. The van der Waals surface area contributed by atoms with E-state index in [1.54, 1.807) is 6.20 Å². The minimum absolute atomic E-state index is 0.0788. The van der Waals surface area contributed by atoms with Gasteiger partial charge in [-0.05, 0) is 12.1 Å². The number of carbonyl (C=O) groups excluding carboxylic acids is 1. The van der Waals surface area contributed by atoms with Crippen molar-refractivity contribution in [2.24, 2.45) is 11.7 Å². The molecule has 0 aliphatic carbocycles. The van der Waals surface area contributed by atoms with Crippen LogP contribution in [0.4, 0.5) is 0 Å².